The molecule has 0 fully saturated rings. The average Bonchev–Trinajstić information content (AvgIpc) is 2.89. The first kappa shape index (κ1) is 12.8. The molecule has 0 saturated carbocycles. The number of thioether (sulfide) groups is 1. The number of benzene rings is 2. The molecule has 0 aliphatic rings. The molecule has 100 valence electrons. The number of hydrogen-bond acceptors (Lipinski definition) is 2. The van der Waals surface area contributed by atoms with Gasteiger partial charge in [-0.25, -0.2) is 0 Å². The van der Waals surface area contributed by atoms with E-state index < -0.39 is 0 Å². The van der Waals surface area contributed by atoms with Gasteiger partial charge in [0, 0.05) is 27.7 Å². The number of amides is 1. The standard InChI is InChI=1S/C16H14N2OS/c19-16(18-12-6-2-1-3-7-12)11-20-15-10-17-14-9-5-4-8-13(14)15/h1-10,17H,11H2,(H,18,19). The van der Waals surface area contributed by atoms with Crippen molar-refractivity contribution in [2.24, 2.45) is 0 Å². The highest BCUT2D eigenvalue weighted by Crippen LogP contribution is 2.27. The maximum atomic E-state index is 11.9. The van der Waals surface area contributed by atoms with Gasteiger partial charge in [0.15, 0.2) is 0 Å². The molecule has 0 radical (unpaired) electrons. The molecule has 3 nitrogen and oxygen atoms in total. The van der Waals surface area contributed by atoms with Crippen molar-refractivity contribution < 1.29 is 4.79 Å². The summed E-state index contributed by atoms with van der Waals surface area (Å²) in [6.45, 7) is 0. The van der Waals surface area contributed by atoms with Crippen molar-refractivity contribution in [3.05, 3.63) is 60.8 Å². The minimum atomic E-state index is 0.00600. The predicted octanol–water partition coefficient (Wildman–Crippen LogP) is 3.90. The fourth-order valence-electron chi connectivity index (χ4n) is 2.03. The van der Waals surface area contributed by atoms with Gasteiger partial charge in [0.05, 0.1) is 5.75 Å². The lowest BCUT2D eigenvalue weighted by molar-refractivity contribution is -0.113. The number of H-pyrrole nitrogens is 1. The van der Waals surface area contributed by atoms with Gasteiger partial charge in [-0.3, -0.25) is 4.79 Å². The summed E-state index contributed by atoms with van der Waals surface area (Å²) < 4.78 is 0. The van der Waals surface area contributed by atoms with Gasteiger partial charge < -0.3 is 10.3 Å². The zero-order chi connectivity index (χ0) is 13.8. The van der Waals surface area contributed by atoms with Crippen LogP contribution in [-0.4, -0.2) is 16.6 Å². The molecule has 0 atom stereocenters. The SMILES string of the molecule is O=C(CSc1c[nH]c2ccccc12)Nc1ccccc1. The first-order chi connectivity index (χ1) is 9.83. The van der Waals surface area contributed by atoms with E-state index in [1.807, 2.05) is 54.7 Å². The zero-order valence-corrected chi connectivity index (χ0v) is 11.6. The Morgan fingerprint density at radius 1 is 1.05 bits per heavy atom. The van der Waals surface area contributed by atoms with Crippen LogP contribution in [0.5, 0.6) is 0 Å². The van der Waals surface area contributed by atoms with E-state index in [-0.39, 0.29) is 5.91 Å². The van der Waals surface area contributed by atoms with Crippen LogP contribution in [0.25, 0.3) is 10.9 Å². The second-order valence-corrected chi connectivity index (χ2v) is 5.42. The Kier molecular flexibility index (Phi) is 3.74. The van der Waals surface area contributed by atoms with Crippen LogP contribution in [0.1, 0.15) is 0 Å². The maximum Gasteiger partial charge on any atom is 0.234 e. The minimum Gasteiger partial charge on any atom is -0.360 e. The van der Waals surface area contributed by atoms with E-state index in [2.05, 4.69) is 16.4 Å². The molecule has 0 aliphatic carbocycles. The van der Waals surface area contributed by atoms with Crippen LogP contribution in [0.4, 0.5) is 5.69 Å². The molecule has 20 heavy (non-hydrogen) atoms. The molecule has 0 bridgehead atoms. The molecule has 2 N–H and O–H groups in total. The lowest BCUT2D eigenvalue weighted by Crippen LogP contribution is -2.13. The van der Waals surface area contributed by atoms with Gasteiger partial charge in [-0.2, -0.15) is 0 Å². The fourth-order valence-corrected chi connectivity index (χ4v) is 2.86. The van der Waals surface area contributed by atoms with Crippen LogP contribution in [0.3, 0.4) is 0 Å². The quantitative estimate of drug-likeness (QED) is 0.713. The number of nitrogens with one attached hydrogen (secondary N) is 2. The van der Waals surface area contributed by atoms with E-state index in [0.29, 0.717) is 5.75 Å². The molecule has 2 aromatic carbocycles. The van der Waals surface area contributed by atoms with Crippen molar-refractivity contribution in [1.82, 2.24) is 4.98 Å². The van der Waals surface area contributed by atoms with Crippen molar-refractivity contribution >= 4 is 34.3 Å². The third-order valence-electron chi connectivity index (χ3n) is 2.97. The molecule has 3 rings (SSSR count). The monoisotopic (exact) mass is 282 g/mol. The number of fused-ring (bicyclic) bond motifs is 1. The van der Waals surface area contributed by atoms with E-state index in [0.717, 1.165) is 21.5 Å². The van der Waals surface area contributed by atoms with Gasteiger partial charge in [-0.15, -0.1) is 11.8 Å². The van der Waals surface area contributed by atoms with Crippen LogP contribution in [-0.2, 0) is 4.79 Å². The molecule has 0 unspecified atom stereocenters. The van der Waals surface area contributed by atoms with Crippen molar-refractivity contribution in [2.75, 3.05) is 11.1 Å². The van der Waals surface area contributed by atoms with Crippen LogP contribution in [0.2, 0.25) is 0 Å². The third-order valence-corrected chi connectivity index (χ3v) is 4.02. The van der Waals surface area contributed by atoms with Crippen LogP contribution < -0.4 is 5.32 Å². The Bertz CT molecular complexity index is 721. The minimum absolute atomic E-state index is 0.00600. The summed E-state index contributed by atoms with van der Waals surface area (Å²) in [4.78, 5) is 16.2. The Balaban J connectivity index is 1.63. The highest BCUT2D eigenvalue weighted by Gasteiger charge is 2.07. The van der Waals surface area contributed by atoms with Crippen molar-refractivity contribution in [3.8, 4) is 0 Å². The summed E-state index contributed by atoms with van der Waals surface area (Å²) in [6.07, 6.45) is 1.95. The summed E-state index contributed by atoms with van der Waals surface area (Å²) in [5, 5.41) is 4.04. The van der Waals surface area contributed by atoms with Gasteiger partial charge >= 0.3 is 0 Å². The molecule has 4 heteroatoms. The Hall–Kier alpha value is -2.20. The Labute approximate surface area is 121 Å². The number of aromatic amines is 1. The number of anilines is 1. The first-order valence-electron chi connectivity index (χ1n) is 6.37. The van der Waals surface area contributed by atoms with Gasteiger partial charge in [-0.1, -0.05) is 36.4 Å². The lowest BCUT2D eigenvalue weighted by Gasteiger charge is -2.04. The molecule has 0 saturated heterocycles. The number of carbonyl (C=O) groups is 1. The Morgan fingerprint density at radius 2 is 1.80 bits per heavy atom. The van der Waals surface area contributed by atoms with E-state index in [9.17, 15) is 4.79 Å². The van der Waals surface area contributed by atoms with Crippen LogP contribution in [0, 0.1) is 0 Å². The van der Waals surface area contributed by atoms with Crippen molar-refractivity contribution in [2.45, 2.75) is 4.90 Å². The number of hydrogen-bond donors (Lipinski definition) is 2. The third kappa shape index (κ3) is 2.86. The molecule has 1 amide bonds. The number of carbonyl (C=O) groups excluding carboxylic acids is 1. The molecule has 1 aromatic heterocycles. The topological polar surface area (TPSA) is 44.9 Å². The smallest absolute Gasteiger partial charge is 0.234 e. The van der Waals surface area contributed by atoms with Crippen molar-refractivity contribution in [1.29, 1.82) is 0 Å². The second kappa shape index (κ2) is 5.84. The summed E-state index contributed by atoms with van der Waals surface area (Å²) in [5.41, 5.74) is 1.93. The van der Waals surface area contributed by atoms with Crippen LogP contribution in [0.15, 0.2) is 65.7 Å². The largest absolute Gasteiger partial charge is 0.360 e. The fraction of sp³-hybridized carbons (Fsp3) is 0.0625. The molecular formula is C16H14N2OS. The van der Waals surface area contributed by atoms with Gasteiger partial charge in [0.25, 0.3) is 0 Å². The Morgan fingerprint density at radius 3 is 2.65 bits per heavy atom. The first-order valence-corrected chi connectivity index (χ1v) is 7.35. The molecular weight excluding hydrogens is 268 g/mol. The second-order valence-electron chi connectivity index (χ2n) is 4.40. The summed E-state index contributed by atoms with van der Waals surface area (Å²) in [6, 6.07) is 17.6. The highest BCUT2D eigenvalue weighted by atomic mass is 32.2. The highest BCUT2D eigenvalue weighted by molar-refractivity contribution is 8.00. The van der Waals surface area contributed by atoms with Crippen molar-refractivity contribution in [3.63, 3.8) is 0 Å². The number of para-hydroxylation sites is 2. The summed E-state index contributed by atoms with van der Waals surface area (Å²) >= 11 is 1.54. The van der Waals surface area contributed by atoms with Gasteiger partial charge in [-0.05, 0) is 18.2 Å². The van der Waals surface area contributed by atoms with Gasteiger partial charge in [0.2, 0.25) is 5.91 Å². The number of aromatic nitrogens is 1. The summed E-state index contributed by atoms with van der Waals surface area (Å²) in [5.74, 6) is 0.406. The molecule has 0 aliphatic heterocycles. The zero-order valence-electron chi connectivity index (χ0n) is 10.8. The van der Waals surface area contributed by atoms with E-state index >= 15 is 0 Å². The van der Waals surface area contributed by atoms with Crippen LogP contribution >= 0.6 is 11.8 Å². The van der Waals surface area contributed by atoms with Gasteiger partial charge in [0.1, 0.15) is 0 Å². The lowest BCUT2D eigenvalue weighted by atomic mass is 10.2. The summed E-state index contributed by atoms with van der Waals surface area (Å²) in [7, 11) is 0. The average molecular weight is 282 g/mol. The van der Waals surface area contributed by atoms with E-state index in [1.54, 1.807) is 11.8 Å². The normalized spacial score (nSPS) is 10.6. The molecule has 1 heterocycles. The van der Waals surface area contributed by atoms with E-state index in [4.69, 9.17) is 0 Å². The maximum absolute atomic E-state index is 11.9. The predicted molar refractivity (Wildman–Crippen MR) is 84.1 cm³/mol. The number of rotatable bonds is 4. The van der Waals surface area contributed by atoms with E-state index in [1.165, 1.54) is 0 Å². The molecule has 3 aromatic rings. The molecule has 0 spiro atoms.